The number of ether oxygens (including phenoxy) is 1. The quantitative estimate of drug-likeness (QED) is 0.856. The minimum Gasteiger partial charge on any atom is -0.385 e. The maximum atomic E-state index is 13.3. The zero-order chi connectivity index (χ0) is 14.1. The molecule has 0 aliphatic heterocycles. The molecule has 2 atom stereocenters. The van der Waals surface area contributed by atoms with Gasteiger partial charge in [0.15, 0.2) is 5.60 Å². The van der Waals surface area contributed by atoms with Crippen LogP contribution in [0, 0.1) is 0 Å². The molecule has 0 bridgehead atoms. The van der Waals surface area contributed by atoms with Gasteiger partial charge in [0, 0.05) is 0 Å². The Kier molecular flexibility index (Phi) is 3.69. The van der Waals surface area contributed by atoms with E-state index in [1.807, 2.05) is 0 Å². The topological polar surface area (TPSA) is 29.5 Å². The van der Waals surface area contributed by atoms with E-state index in [9.17, 15) is 18.3 Å². The van der Waals surface area contributed by atoms with Crippen molar-refractivity contribution in [3.8, 4) is 0 Å². The molecular weight excluding hydrogens is 257 g/mol. The average Bonchev–Trinajstić information content (AvgIpc) is 2.37. The largest absolute Gasteiger partial charge is 0.420 e. The number of hydrogen-bond acceptors (Lipinski definition) is 2. The van der Waals surface area contributed by atoms with Crippen molar-refractivity contribution in [2.45, 2.75) is 30.7 Å². The molecule has 1 aliphatic carbocycles. The Morgan fingerprint density at radius 1 is 1.42 bits per heavy atom. The van der Waals surface area contributed by atoms with Gasteiger partial charge in [-0.15, -0.1) is 6.58 Å². The Morgan fingerprint density at radius 3 is 2.74 bits per heavy atom. The second-order valence-corrected chi connectivity index (χ2v) is 4.59. The molecule has 0 radical (unpaired) electrons. The number of aliphatic hydroxyl groups excluding tert-OH is 1. The third kappa shape index (κ3) is 2.28. The smallest absolute Gasteiger partial charge is 0.385 e. The SMILES string of the molecule is C=CCO[C@]1(C(F)(F)F)CCc2ccccc2[C@@H]1O. The highest BCUT2D eigenvalue weighted by atomic mass is 19.4. The van der Waals surface area contributed by atoms with E-state index in [1.54, 1.807) is 18.2 Å². The highest BCUT2D eigenvalue weighted by Gasteiger charge is 2.62. The molecule has 0 spiro atoms. The van der Waals surface area contributed by atoms with E-state index in [2.05, 4.69) is 6.58 Å². The van der Waals surface area contributed by atoms with Crippen molar-refractivity contribution < 1.29 is 23.0 Å². The first-order valence-corrected chi connectivity index (χ1v) is 6.00. The second kappa shape index (κ2) is 4.98. The first kappa shape index (κ1) is 14.1. The molecule has 2 nitrogen and oxygen atoms in total. The van der Waals surface area contributed by atoms with Gasteiger partial charge in [0.25, 0.3) is 0 Å². The zero-order valence-corrected chi connectivity index (χ0v) is 10.3. The molecule has 0 aromatic heterocycles. The monoisotopic (exact) mass is 272 g/mol. The van der Waals surface area contributed by atoms with Gasteiger partial charge in [0.05, 0.1) is 6.61 Å². The van der Waals surface area contributed by atoms with Crippen molar-refractivity contribution in [2.24, 2.45) is 0 Å². The van der Waals surface area contributed by atoms with E-state index in [-0.39, 0.29) is 25.0 Å². The van der Waals surface area contributed by atoms with Crippen LogP contribution in [0.1, 0.15) is 23.7 Å². The Labute approximate surface area is 109 Å². The first-order chi connectivity index (χ1) is 8.92. The van der Waals surface area contributed by atoms with Crippen LogP contribution in [-0.2, 0) is 11.2 Å². The predicted molar refractivity (Wildman–Crippen MR) is 64.7 cm³/mol. The van der Waals surface area contributed by atoms with Crippen LogP contribution in [0.4, 0.5) is 13.2 Å². The molecule has 2 rings (SSSR count). The van der Waals surface area contributed by atoms with Crippen LogP contribution in [0.2, 0.25) is 0 Å². The van der Waals surface area contributed by atoms with Gasteiger partial charge >= 0.3 is 6.18 Å². The fraction of sp³-hybridized carbons (Fsp3) is 0.429. The van der Waals surface area contributed by atoms with Gasteiger partial charge in [-0.05, 0) is 24.0 Å². The van der Waals surface area contributed by atoms with Crippen molar-refractivity contribution >= 4 is 0 Å². The van der Waals surface area contributed by atoms with Crippen LogP contribution < -0.4 is 0 Å². The maximum Gasteiger partial charge on any atom is 0.420 e. The van der Waals surface area contributed by atoms with Crippen LogP contribution in [0.15, 0.2) is 36.9 Å². The lowest BCUT2D eigenvalue weighted by Crippen LogP contribution is -2.54. The lowest BCUT2D eigenvalue weighted by atomic mass is 9.77. The summed E-state index contributed by atoms with van der Waals surface area (Å²) in [6.45, 7) is 3.10. The number of fused-ring (bicyclic) bond motifs is 1. The number of benzene rings is 1. The van der Waals surface area contributed by atoms with Gasteiger partial charge < -0.3 is 9.84 Å². The number of aliphatic hydroxyl groups is 1. The molecule has 5 heteroatoms. The Bertz CT molecular complexity index is 470. The molecule has 0 saturated heterocycles. The lowest BCUT2D eigenvalue weighted by molar-refractivity contribution is -0.311. The number of hydrogen-bond donors (Lipinski definition) is 1. The molecule has 104 valence electrons. The summed E-state index contributed by atoms with van der Waals surface area (Å²) in [7, 11) is 0. The minimum atomic E-state index is -4.64. The van der Waals surface area contributed by atoms with E-state index in [4.69, 9.17) is 4.74 Å². The fourth-order valence-corrected chi connectivity index (χ4v) is 2.47. The normalized spacial score (nSPS) is 26.8. The number of aryl methyl sites for hydroxylation is 1. The van der Waals surface area contributed by atoms with E-state index < -0.39 is 17.9 Å². The molecule has 0 amide bonds. The van der Waals surface area contributed by atoms with Crippen molar-refractivity contribution in [3.05, 3.63) is 48.0 Å². The molecule has 0 unspecified atom stereocenters. The fourth-order valence-electron chi connectivity index (χ4n) is 2.47. The van der Waals surface area contributed by atoms with E-state index in [0.29, 0.717) is 0 Å². The van der Waals surface area contributed by atoms with Gasteiger partial charge in [-0.3, -0.25) is 0 Å². The van der Waals surface area contributed by atoms with Crippen molar-refractivity contribution in [3.63, 3.8) is 0 Å². The first-order valence-electron chi connectivity index (χ1n) is 6.00. The highest BCUT2D eigenvalue weighted by Crippen LogP contribution is 2.49. The summed E-state index contributed by atoms with van der Waals surface area (Å²) < 4.78 is 45.0. The number of halogens is 3. The lowest BCUT2D eigenvalue weighted by Gasteiger charge is -2.42. The van der Waals surface area contributed by atoms with Gasteiger partial charge in [-0.25, -0.2) is 0 Å². The van der Waals surface area contributed by atoms with Gasteiger partial charge in [-0.1, -0.05) is 30.3 Å². The standard InChI is InChI=1S/C14H15F3O2/c1-2-9-19-13(14(15,16)17)8-7-10-5-3-4-6-11(10)12(13)18/h2-6,12,18H,1,7-9H2/t12-,13+/m0/s1. The summed E-state index contributed by atoms with van der Waals surface area (Å²) in [6, 6.07) is 6.60. The third-order valence-corrected chi connectivity index (χ3v) is 3.50. The Balaban J connectivity index is 2.44. The number of rotatable bonds is 3. The minimum absolute atomic E-state index is 0.226. The van der Waals surface area contributed by atoms with Crippen LogP contribution in [-0.4, -0.2) is 23.5 Å². The van der Waals surface area contributed by atoms with Crippen molar-refractivity contribution in [2.75, 3.05) is 6.61 Å². The van der Waals surface area contributed by atoms with Crippen LogP contribution >= 0.6 is 0 Å². The zero-order valence-electron chi connectivity index (χ0n) is 10.3. The number of alkyl halides is 3. The highest BCUT2D eigenvalue weighted by molar-refractivity contribution is 5.35. The second-order valence-electron chi connectivity index (χ2n) is 4.59. The van der Waals surface area contributed by atoms with Gasteiger partial charge in [0.1, 0.15) is 6.10 Å². The molecule has 1 N–H and O–H groups in total. The summed E-state index contributed by atoms with van der Waals surface area (Å²) in [5.74, 6) is 0. The Morgan fingerprint density at radius 2 is 2.11 bits per heavy atom. The summed E-state index contributed by atoms with van der Waals surface area (Å²) in [5, 5.41) is 10.2. The summed E-state index contributed by atoms with van der Waals surface area (Å²) in [5.41, 5.74) is -1.53. The predicted octanol–water partition coefficient (Wildman–Crippen LogP) is 3.17. The van der Waals surface area contributed by atoms with Gasteiger partial charge in [0.2, 0.25) is 0 Å². The third-order valence-electron chi connectivity index (χ3n) is 3.50. The summed E-state index contributed by atoms with van der Waals surface area (Å²) in [4.78, 5) is 0. The summed E-state index contributed by atoms with van der Waals surface area (Å²) >= 11 is 0. The molecule has 1 aromatic rings. The molecule has 1 aromatic carbocycles. The van der Waals surface area contributed by atoms with E-state index in [0.717, 1.165) is 5.56 Å². The maximum absolute atomic E-state index is 13.3. The van der Waals surface area contributed by atoms with Crippen LogP contribution in [0.25, 0.3) is 0 Å². The molecule has 1 aliphatic rings. The summed E-state index contributed by atoms with van der Waals surface area (Å²) in [6.07, 6.45) is -5.16. The van der Waals surface area contributed by atoms with Crippen molar-refractivity contribution in [1.82, 2.24) is 0 Å². The average molecular weight is 272 g/mol. The van der Waals surface area contributed by atoms with Crippen LogP contribution in [0.3, 0.4) is 0 Å². The van der Waals surface area contributed by atoms with E-state index in [1.165, 1.54) is 12.1 Å². The van der Waals surface area contributed by atoms with Gasteiger partial charge in [-0.2, -0.15) is 13.2 Å². The molecule has 0 fully saturated rings. The molecule has 0 saturated carbocycles. The molecule has 19 heavy (non-hydrogen) atoms. The Hall–Kier alpha value is -1.33. The van der Waals surface area contributed by atoms with E-state index >= 15 is 0 Å². The molecular formula is C14H15F3O2. The van der Waals surface area contributed by atoms with Crippen LogP contribution in [0.5, 0.6) is 0 Å². The van der Waals surface area contributed by atoms with Crippen molar-refractivity contribution in [1.29, 1.82) is 0 Å². The molecule has 0 heterocycles.